The van der Waals surface area contributed by atoms with Gasteiger partial charge in [0.2, 0.25) is 0 Å². The molecule has 84 valence electrons. The molecule has 0 aliphatic rings. The molecule has 0 aliphatic heterocycles. The minimum atomic E-state index is 0. The fraction of sp³-hybridized carbons (Fsp3) is 0.385. The fourth-order valence-corrected chi connectivity index (χ4v) is 1.63. The van der Waals surface area contributed by atoms with Gasteiger partial charge in [-0.2, -0.15) is 0 Å². The highest BCUT2D eigenvalue weighted by Gasteiger charge is 2.23. The molecule has 0 saturated heterocycles. The van der Waals surface area contributed by atoms with Gasteiger partial charge in [-0.05, 0) is 13.0 Å². The topological polar surface area (TPSA) is 0 Å². The average molecular weight is 226 g/mol. The lowest BCUT2D eigenvalue weighted by Gasteiger charge is -2.35. The third-order valence-electron chi connectivity index (χ3n) is 2.93. The normalized spacial score (nSPS) is 12.7. The highest BCUT2D eigenvalue weighted by Crippen LogP contribution is 2.23. The summed E-state index contributed by atoms with van der Waals surface area (Å²) in [6, 6.07) is 11.1. The first-order valence-electron chi connectivity index (χ1n) is 5.06. The van der Waals surface area contributed by atoms with Crippen molar-refractivity contribution in [2.75, 3.05) is 20.6 Å². The lowest BCUT2D eigenvalue weighted by atomic mass is 10.1. The van der Waals surface area contributed by atoms with Crippen LogP contribution in [0.1, 0.15) is 18.5 Å². The minimum absolute atomic E-state index is 0. The summed E-state index contributed by atoms with van der Waals surface area (Å²) in [6.45, 7) is 7.07. The molecule has 0 heterocycles. The van der Waals surface area contributed by atoms with Gasteiger partial charge in [-0.25, -0.2) is 0 Å². The highest BCUT2D eigenvalue weighted by molar-refractivity contribution is 5.16. The number of hydrogen-bond donors (Lipinski definition) is 0. The van der Waals surface area contributed by atoms with Gasteiger partial charge in [-0.15, -0.1) is 0 Å². The number of halogens is 1. The van der Waals surface area contributed by atoms with Crippen molar-refractivity contribution < 1.29 is 16.9 Å². The van der Waals surface area contributed by atoms with E-state index >= 15 is 0 Å². The molecule has 0 N–H and O–H groups in total. The second-order valence-corrected chi connectivity index (χ2v) is 4.34. The quantitative estimate of drug-likeness (QED) is 0.501. The summed E-state index contributed by atoms with van der Waals surface area (Å²) < 4.78 is 0.952. The van der Waals surface area contributed by atoms with Crippen LogP contribution in [0.2, 0.25) is 0 Å². The molecule has 0 spiro atoms. The molecule has 0 saturated carbocycles. The van der Waals surface area contributed by atoms with E-state index in [0.29, 0.717) is 6.04 Å². The summed E-state index contributed by atoms with van der Waals surface area (Å²) >= 11 is 0. The Kier molecular flexibility index (Phi) is 5.63. The summed E-state index contributed by atoms with van der Waals surface area (Å²) in [7, 11) is 4.47. The van der Waals surface area contributed by atoms with E-state index in [1.54, 1.807) is 0 Å². The van der Waals surface area contributed by atoms with Crippen LogP contribution in [-0.4, -0.2) is 25.1 Å². The molecule has 0 bridgehead atoms. The highest BCUT2D eigenvalue weighted by atomic mass is 35.5. The summed E-state index contributed by atoms with van der Waals surface area (Å²) in [5.74, 6) is 0. The second-order valence-electron chi connectivity index (χ2n) is 4.34. The van der Waals surface area contributed by atoms with Gasteiger partial charge in [0, 0.05) is 5.56 Å². The Balaban J connectivity index is 0.00000196. The van der Waals surface area contributed by atoms with Crippen molar-refractivity contribution in [3.05, 3.63) is 48.6 Å². The number of nitrogens with zero attached hydrogens (tertiary/aromatic N) is 1. The zero-order valence-electron chi connectivity index (χ0n) is 9.78. The summed E-state index contributed by atoms with van der Waals surface area (Å²) in [6.07, 6.45) is 1.99. The molecule has 0 aromatic heterocycles. The summed E-state index contributed by atoms with van der Waals surface area (Å²) in [5.41, 5.74) is 1.39. The average Bonchev–Trinajstić information content (AvgIpc) is 2.18. The lowest BCUT2D eigenvalue weighted by molar-refractivity contribution is -0.913. The summed E-state index contributed by atoms with van der Waals surface area (Å²) in [4.78, 5) is 0. The molecule has 0 radical (unpaired) electrons. The Bertz CT molecular complexity index is 293. The largest absolute Gasteiger partial charge is 1.00 e. The van der Waals surface area contributed by atoms with Gasteiger partial charge in [0.05, 0.1) is 20.6 Å². The molecule has 1 unspecified atom stereocenters. The van der Waals surface area contributed by atoms with Crippen LogP contribution in [0, 0.1) is 0 Å². The van der Waals surface area contributed by atoms with E-state index in [4.69, 9.17) is 0 Å². The number of likely N-dealkylation sites (N-methyl/N-ethyl adjacent to an activating group) is 1. The van der Waals surface area contributed by atoms with E-state index in [1.807, 2.05) is 6.08 Å². The van der Waals surface area contributed by atoms with Crippen LogP contribution in [0.5, 0.6) is 0 Å². The smallest absolute Gasteiger partial charge is 0.112 e. The van der Waals surface area contributed by atoms with Crippen LogP contribution in [-0.2, 0) is 0 Å². The SMILES string of the molecule is C=CC[N+](C)(C)C(C)c1ccccc1.[Cl-]. The Morgan fingerprint density at radius 1 is 1.27 bits per heavy atom. The third kappa shape index (κ3) is 3.69. The zero-order valence-corrected chi connectivity index (χ0v) is 10.5. The van der Waals surface area contributed by atoms with Crippen LogP contribution >= 0.6 is 0 Å². The van der Waals surface area contributed by atoms with Crippen molar-refractivity contribution in [3.63, 3.8) is 0 Å². The van der Waals surface area contributed by atoms with Crippen LogP contribution in [0.15, 0.2) is 43.0 Å². The maximum atomic E-state index is 3.81. The van der Waals surface area contributed by atoms with Crippen molar-refractivity contribution in [1.29, 1.82) is 0 Å². The number of benzene rings is 1. The molecule has 0 aliphatic carbocycles. The van der Waals surface area contributed by atoms with Gasteiger partial charge in [0.25, 0.3) is 0 Å². The van der Waals surface area contributed by atoms with Crippen molar-refractivity contribution in [2.24, 2.45) is 0 Å². The lowest BCUT2D eigenvalue weighted by Crippen LogP contribution is -3.00. The van der Waals surface area contributed by atoms with E-state index in [9.17, 15) is 0 Å². The van der Waals surface area contributed by atoms with E-state index in [2.05, 4.69) is 57.9 Å². The second kappa shape index (κ2) is 5.94. The van der Waals surface area contributed by atoms with Gasteiger partial charge in [-0.3, -0.25) is 0 Å². The molecule has 15 heavy (non-hydrogen) atoms. The molecule has 1 atom stereocenters. The molecular weight excluding hydrogens is 206 g/mol. The van der Waals surface area contributed by atoms with Gasteiger partial charge in [-0.1, -0.05) is 36.9 Å². The first kappa shape index (κ1) is 14.2. The predicted octanol–water partition coefficient (Wildman–Crippen LogP) is 0.0140. The molecular formula is C13H20ClN. The number of quaternary nitrogens is 1. The monoisotopic (exact) mass is 225 g/mol. The number of hydrogen-bond acceptors (Lipinski definition) is 0. The maximum absolute atomic E-state index is 3.81. The Morgan fingerprint density at radius 2 is 1.80 bits per heavy atom. The third-order valence-corrected chi connectivity index (χ3v) is 2.93. The van der Waals surface area contributed by atoms with Gasteiger partial charge < -0.3 is 16.9 Å². The van der Waals surface area contributed by atoms with Gasteiger partial charge in [0.15, 0.2) is 0 Å². The molecule has 1 nitrogen and oxygen atoms in total. The molecule has 2 heteroatoms. The first-order chi connectivity index (χ1) is 6.58. The fourth-order valence-electron chi connectivity index (χ4n) is 1.63. The van der Waals surface area contributed by atoms with Gasteiger partial charge in [0.1, 0.15) is 6.04 Å². The van der Waals surface area contributed by atoms with Crippen LogP contribution in [0.25, 0.3) is 0 Å². The van der Waals surface area contributed by atoms with Crippen molar-refractivity contribution in [2.45, 2.75) is 13.0 Å². The Morgan fingerprint density at radius 3 is 2.27 bits per heavy atom. The van der Waals surface area contributed by atoms with Crippen LogP contribution in [0.3, 0.4) is 0 Å². The van der Waals surface area contributed by atoms with E-state index in [0.717, 1.165) is 11.0 Å². The first-order valence-corrected chi connectivity index (χ1v) is 5.06. The van der Waals surface area contributed by atoms with E-state index in [1.165, 1.54) is 5.56 Å². The molecule has 0 amide bonds. The molecule has 0 fully saturated rings. The minimum Gasteiger partial charge on any atom is -1.00 e. The predicted molar refractivity (Wildman–Crippen MR) is 62.0 cm³/mol. The van der Waals surface area contributed by atoms with E-state index in [-0.39, 0.29) is 12.4 Å². The van der Waals surface area contributed by atoms with Gasteiger partial charge >= 0.3 is 0 Å². The summed E-state index contributed by atoms with van der Waals surface area (Å²) in [5, 5.41) is 0. The number of rotatable bonds is 4. The Hall–Kier alpha value is -0.790. The molecule has 1 aromatic rings. The van der Waals surface area contributed by atoms with Crippen LogP contribution < -0.4 is 12.4 Å². The molecule has 1 aromatic carbocycles. The maximum Gasteiger partial charge on any atom is 0.112 e. The van der Waals surface area contributed by atoms with E-state index < -0.39 is 0 Å². The van der Waals surface area contributed by atoms with Crippen molar-refractivity contribution in [3.8, 4) is 0 Å². The molecule has 1 rings (SSSR count). The Labute approximate surface area is 99.4 Å². The van der Waals surface area contributed by atoms with Crippen molar-refractivity contribution >= 4 is 0 Å². The van der Waals surface area contributed by atoms with Crippen molar-refractivity contribution in [1.82, 2.24) is 0 Å². The standard InChI is InChI=1S/C13H20N.ClH/c1-5-11-14(3,4)12(2)13-9-7-6-8-10-13;/h5-10,12H,1,11H2,2-4H3;1H/q+1;/p-1. The van der Waals surface area contributed by atoms with Crippen LogP contribution in [0.4, 0.5) is 0 Å². The zero-order chi connectivity index (χ0) is 10.6.